The van der Waals surface area contributed by atoms with Gasteiger partial charge in [0.2, 0.25) is 0 Å². The Balaban J connectivity index is 3.37. The Morgan fingerprint density at radius 2 is 0.917 bits per heavy atom. The summed E-state index contributed by atoms with van der Waals surface area (Å²) in [4.78, 5) is 28.7. The van der Waals surface area contributed by atoms with Crippen molar-refractivity contribution in [3.63, 3.8) is 0 Å². The van der Waals surface area contributed by atoms with Gasteiger partial charge < -0.3 is 19.4 Å². The second kappa shape index (κ2) is 11.5. The van der Waals surface area contributed by atoms with E-state index in [1.165, 1.54) is 0 Å². The highest BCUT2D eigenvalue weighted by molar-refractivity contribution is 6.76. The maximum atomic E-state index is 11.5. The van der Waals surface area contributed by atoms with Crippen LogP contribution in [0.2, 0.25) is 39.3 Å². The maximum absolute atomic E-state index is 11.5. The van der Waals surface area contributed by atoms with E-state index in [4.69, 9.17) is 9.47 Å². The number of carbonyl (C=O) groups excluding carboxylic acids is 2. The van der Waals surface area contributed by atoms with Gasteiger partial charge in [-0.15, -0.1) is 0 Å². The van der Waals surface area contributed by atoms with Crippen LogP contribution >= 0.6 is 0 Å². The van der Waals surface area contributed by atoms with Gasteiger partial charge in [0, 0.05) is 0 Å². The Bertz CT molecular complexity index is 343. The average molecular weight is 377 g/mol. The molecular formula is C16H36N2O4Si2. The average Bonchev–Trinajstić information content (AvgIpc) is 2.36. The lowest BCUT2D eigenvalue weighted by molar-refractivity contribution is 0.147. The first-order chi connectivity index (χ1) is 11.0. The SMILES string of the molecule is C[Si](C)(C)NC(=O)OCCCCCCCCOC(=O)N[Si](C)(C)C. The highest BCUT2D eigenvalue weighted by Crippen LogP contribution is 2.06. The van der Waals surface area contributed by atoms with E-state index in [9.17, 15) is 9.59 Å². The van der Waals surface area contributed by atoms with Crippen LogP contribution in [0.25, 0.3) is 0 Å². The second-order valence-corrected chi connectivity index (χ2v) is 17.6. The summed E-state index contributed by atoms with van der Waals surface area (Å²) < 4.78 is 10.3. The summed E-state index contributed by atoms with van der Waals surface area (Å²) in [6, 6.07) is 0. The summed E-state index contributed by atoms with van der Waals surface area (Å²) in [6.07, 6.45) is 5.54. The van der Waals surface area contributed by atoms with Gasteiger partial charge in [-0.25, -0.2) is 9.59 Å². The molecule has 0 unspecified atom stereocenters. The number of ether oxygens (including phenoxy) is 2. The van der Waals surface area contributed by atoms with E-state index in [0.29, 0.717) is 13.2 Å². The Morgan fingerprint density at radius 1 is 0.625 bits per heavy atom. The molecule has 2 amide bonds. The fourth-order valence-electron chi connectivity index (χ4n) is 1.93. The van der Waals surface area contributed by atoms with Crippen molar-refractivity contribution in [3.8, 4) is 0 Å². The minimum absolute atomic E-state index is 0.289. The minimum atomic E-state index is -1.60. The van der Waals surface area contributed by atoms with Crippen LogP contribution in [0.4, 0.5) is 9.59 Å². The molecule has 0 spiro atoms. The third-order valence-corrected chi connectivity index (χ3v) is 4.87. The van der Waals surface area contributed by atoms with Gasteiger partial charge in [-0.1, -0.05) is 65.0 Å². The zero-order valence-electron chi connectivity index (χ0n) is 16.3. The Kier molecular flexibility index (Phi) is 11.0. The van der Waals surface area contributed by atoms with Crippen LogP contribution in [0.5, 0.6) is 0 Å². The molecule has 0 saturated carbocycles. The smallest absolute Gasteiger partial charge is 0.399 e. The Hall–Kier alpha value is -1.03. The molecule has 24 heavy (non-hydrogen) atoms. The quantitative estimate of drug-likeness (QED) is 0.412. The molecule has 0 aliphatic rings. The van der Waals surface area contributed by atoms with Gasteiger partial charge in [-0.2, -0.15) is 0 Å². The van der Waals surface area contributed by atoms with Crippen molar-refractivity contribution in [1.82, 2.24) is 9.96 Å². The zero-order chi connectivity index (χ0) is 18.6. The Labute approximate surface area is 149 Å². The summed E-state index contributed by atoms with van der Waals surface area (Å²) in [5.74, 6) is 0. The van der Waals surface area contributed by atoms with Gasteiger partial charge in [-0.3, -0.25) is 0 Å². The first kappa shape index (κ1) is 23.0. The summed E-state index contributed by atoms with van der Waals surface area (Å²) in [7, 11) is -3.20. The van der Waals surface area contributed by atoms with Crippen molar-refractivity contribution in [2.75, 3.05) is 13.2 Å². The largest absolute Gasteiger partial charge is 0.450 e. The summed E-state index contributed by atoms with van der Waals surface area (Å²) >= 11 is 0. The molecule has 2 N–H and O–H groups in total. The van der Waals surface area contributed by atoms with E-state index < -0.39 is 16.5 Å². The highest BCUT2D eigenvalue weighted by Gasteiger charge is 2.17. The molecule has 0 aliphatic heterocycles. The van der Waals surface area contributed by atoms with Crippen LogP contribution in [0.1, 0.15) is 38.5 Å². The van der Waals surface area contributed by atoms with E-state index >= 15 is 0 Å². The van der Waals surface area contributed by atoms with E-state index in [1.54, 1.807) is 0 Å². The molecule has 0 aromatic heterocycles. The first-order valence-electron chi connectivity index (χ1n) is 8.89. The van der Waals surface area contributed by atoms with Gasteiger partial charge in [0.15, 0.2) is 16.5 Å². The molecule has 0 radical (unpaired) electrons. The van der Waals surface area contributed by atoms with Crippen molar-refractivity contribution in [2.45, 2.75) is 77.8 Å². The van der Waals surface area contributed by atoms with E-state index in [2.05, 4.69) is 49.2 Å². The van der Waals surface area contributed by atoms with E-state index in [1.807, 2.05) is 0 Å². The Morgan fingerprint density at radius 3 is 1.21 bits per heavy atom. The minimum Gasteiger partial charge on any atom is -0.450 e. The monoisotopic (exact) mass is 376 g/mol. The fraction of sp³-hybridized carbons (Fsp3) is 0.875. The molecule has 142 valence electrons. The lowest BCUT2D eigenvalue weighted by atomic mass is 10.1. The predicted molar refractivity (Wildman–Crippen MR) is 103 cm³/mol. The molecule has 0 atom stereocenters. The number of rotatable bonds is 11. The molecule has 0 aromatic carbocycles. The summed E-state index contributed by atoms with van der Waals surface area (Å²) in [5, 5.41) is 0. The van der Waals surface area contributed by atoms with Gasteiger partial charge in [0.05, 0.1) is 13.2 Å². The van der Waals surface area contributed by atoms with Crippen molar-refractivity contribution < 1.29 is 19.1 Å². The van der Waals surface area contributed by atoms with Crippen molar-refractivity contribution >= 4 is 28.7 Å². The molecule has 0 heterocycles. The number of hydrogen-bond donors (Lipinski definition) is 2. The lowest BCUT2D eigenvalue weighted by Crippen LogP contribution is -2.45. The van der Waals surface area contributed by atoms with Gasteiger partial charge in [-0.05, 0) is 12.8 Å². The molecule has 0 fully saturated rings. The van der Waals surface area contributed by atoms with Crippen LogP contribution < -0.4 is 9.96 Å². The predicted octanol–water partition coefficient (Wildman–Crippen LogP) is 4.45. The zero-order valence-corrected chi connectivity index (χ0v) is 18.3. The molecule has 8 heteroatoms. The molecule has 0 aliphatic carbocycles. The normalized spacial score (nSPS) is 11.8. The number of carbonyl (C=O) groups is 2. The van der Waals surface area contributed by atoms with Crippen LogP contribution in [0.3, 0.4) is 0 Å². The maximum Gasteiger partial charge on any atom is 0.399 e. The van der Waals surface area contributed by atoms with Crippen LogP contribution in [0, 0.1) is 0 Å². The van der Waals surface area contributed by atoms with Crippen LogP contribution in [-0.2, 0) is 9.47 Å². The van der Waals surface area contributed by atoms with Crippen LogP contribution in [0.15, 0.2) is 0 Å². The van der Waals surface area contributed by atoms with Crippen molar-refractivity contribution in [3.05, 3.63) is 0 Å². The van der Waals surface area contributed by atoms with Gasteiger partial charge in [0.25, 0.3) is 0 Å². The summed E-state index contributed by atoms with van der Waals surface area (Å²) in [6.45, 7) is 13.3. The highest BCUT2D eigenvalue weighted by atomic mass is 28.3. The molecule has 0 aromatic rings. The van der Waals surface area contributed by atoms with Gasteiger partial charge >= 0.3 is 12.2 Å². The van der Waals surface area contributed by atoms with E-state index in [0.717, 1.165) is 38.5 Å². The third-order valence-electron chi connectivity index (χ3n) is 2.96. The lowest BCUT2D eigenvalue weighted by Gasteiger charge is -2.17. The van der Waals surface area contributed by atoms with Gasteiger partial charge in [0.1, 0.15) is 0 Å². The van der Waals surface area contributed by atoms with E-state index in [-0.39, 0.29) is 12.2 Å². The standard InChI is InChI=1S/C16H36N2O4Si2/c1-23(2,3)17-15(19)21-13-11-9-7-8-10-12-14-22-16(20)18-24(4,5)6/h7-14H2,1-6H3,(H,17,19)(H,18,20). The van der Waals surface area contributed by atoms with Crippen LogP contribution in [-0.4, -0.2) is 41.9 Å². The van der Waals surface area contributed by atoms with Crippen molar-refractivity contribution in [1.29, 1.82) is 0 Å². The number of unbranched alkanes of at least 4 members (excludes halogenated alkanes) is 5. The third kappa shape index (κ3) is 17.3. The first-order valence-corrected chi connectivity index (χ1v) is 15.9. The fourth-order valence-corrected chi connectivity index (χ4v) is 3.29. The number of hydrogen-bond acceptors (Lipinski definition) is 4. The number of nitrogens with one attached hydrogen (secondary N) is 2. The molecule has 0 bridgehead atoms. The second-order valence-electron chi connectivity index (χ2n) is 8.14. The molecule has 0 saturated heterocycles. The summed E-state index contributed by atoms with van der Waals surface area (Å²) in [5.41, 5.74) is 0. The molecular weight excluding hydrogens is 340 g/mol. The molecule has 0 rings (SSSR count). The van der Waals surface area contributed by atoms with Crippen molar-refractivity contribution in [2.24, 2.45) is 0 Å². The topological polar surface area (TPSA) is 76.7 Å². The molecule has 6 nitrogen and oxygen atoms in total. The number of amides is 2.